The SMILES string of the molecule is c1ccc(-c2ccc(-c3ccc(N(c4ccc(-c5ccncc5)cc4)c4ccc(-c5ccccc5)c(-c5ccccc5)c4)cc3)cc2)cc1. The first-order valence-electron chi connectivity index (χ1n) is 16.6. The van der Waals surface area contributed by atoms with Gasteiger partial charge in [0.05, 0.1) is 0 Å². The Morgan fingerprint density at radius 3 is 1.08 bits per heavy atom. The first-order valence-corrected chi connectivity index (χ1v) is 16.6. The van der Waals surface area contributed by atoms with Crippen molar-refractivity contribution >= 4 is 17.1 Å². The number of hydrogen-bond acceptors (Lipinski definition) is 2. The molecule has 0 aliphatic heterocycles. The van der Waals surface area contributed by atoms with E-state index < -0.39 is 0 Å². The molecule has 0 amide bonds. The zero-order chi connectivity index (χ0) is 32.8. The van der Waals surface area contributed by atoms with E-state index in [0.717, 1.165) is 28.2 Å². The molecule has 1 aromatic heterocycles. The summed E-state index contributed by atoms with van der Waals surface area (Å²) < 4.78 is 0. The molecule has 232 valence electrons. The monoisotopic (exact) mass is 626 g/mol. The molecule has 0 radical (unpaired) electrons. The lowest BCUT2D eigenvalue weighted by atomic mass is 9.93. The average molecular weight is 627 g/mol. The third kappa shape index (κ3) is 6.41. The third-order valence-electron chi connectivity index (χ3n) is 9.02. The Kier molecular flexibility index (Phi) is 8.34. The van der Waals surface area contributed by atoms with Gasteiger partial charge in [-0.15, -0.1) is 0 Å². The normalized spacial score (nSPS) is 10.9. The van der Waals surface area contributed by atoms with Gasteiger partial charge in [0.25, 0.3) is 0 Å². The molecular weight excluding hydrogens is 593 g/mol. The number of anilines is 3. The maximum Gasteiger partial charge on any atom is 0.0468 e. The lowest BCUT2D eigenvalue weighted by Crippen LogP contribution is -2.10. The van der Waals surface area contributed by atoms with Gasteiger partial charge in [0.15, 0.2) is 0 Å². The van der Waals surface area contributed by atoms with E-state index in [-0.39, 0.29) is 0 Å². The Morgan fingerprint density at radius 1 is 0.265 bits per heavy atom. The maximum atomic E-state index is 4.20. The maximum absolute atomic E-state index is 4.20. The van der Waals surface area contributed by atoms with Crippen molar-refractivity contribution in [3.63, 3.8) is 0 Å². The van der Waals surface area contributed by atoms with Crippen molar-refractivity contribution in [1.82, 2.24) is 4.98 Å². The van der Waals surface area contributed by atoms with E-state index >= 15 is 0 Å². The molecule has 1 heterocycles. The van der Waals surface area contributed by atoms with Crippen LogP contribution in [0.3, 0.4) is 0 Å². The Bertz CT molecular complexity index is 2260. The highest BCUT2D eigenvalue weighted by Crippen LogP contribution is 2.41. The Balaban J connectivity index is 1.21. The minimum absolute atomic E-state index is 1.09. The fraction of sp³-hybridized carbons (Fsp3) is 0. The van der Waals surface area contributed by atoms with Crippen molar-refractivity contribution in [3.05, 3.63) is 207 Å². The van der Waals surface area contributed by atoms with E-state index in [2.05, 4.69) is 192 Å². The van der Waals surface area contributed by atoms with Crippen LogP contribution in [0.25, 0.3) is 55.6 Å². The van der Waals surface area contributed by atoms with E-state index in [9.17, 15) is 0 Å². The van der Waals surface area contributed by atoms with Crippen LogP contribution in [0.5, 0.6) is 0 Å². The molecule has 8 rings (SSSR count). The van der Waals surface area contributed by atoms with Gasteiger partial charge in [0, 0.05) is 29.5 Å². The van der Waals surface area contributed by atoms with Gasteiger partial charge >= 0.3 is 0 Å². The summed E-state index contributed by atoms with van der Waals surface area (Å²) in [4.78, 5) is 6.54. The van der Waals surface area contributed by atoms with Crippen LogP contribution in [0.15, 0.2) is 207 Å². The summed E-state index contributed by atoms with van der Waals surface area (Å²) in [6, 6.07) is 69.3. The molecule has 0 N–H and O–H groups in total. The summed E-state index contributed by atoms with van der Waals surface area (Å²) in [6.45, 7) is 0. The van der Waals surface area contributed by atoms with Gasteiger partial charge in [-0.1, -0.05) is 146 Å². The molecule has 0 spiro atoms. The minimum Gasteiger partial charge on any atom is -0.310 e. The van der Waals surface area contributed by atoms with E-state index in [4.69, 9.17) is 0 Å². The number of aromatic nitrogens is 1. The summed E-state index contributed by atoms with van der Waals surface area (Å²) in [5, 5.41) is 0. The van der Waals surface area contributed by atoms with Crippen LogP contribution in [0.2, 0.25) is 0 Å². The molecule has 2 nitrogen and oxygen atoms in total. The number of pyridine rings is 1. The largest absolute Gasteiger partial charge is 0.310 e. The van der Waals surface area contributed by atoms with Crippen molar-refractivity contribution in [2.75, 3.05) is 4.90 Å². The smallest absolute Gasteiger partial charge is 0.0468 e. The molecule has 0 aliphatic rings. The van der Waals surface area contributed by atoms with Gasteiger partial charge in [-0.05, 0) is 104 Å². The van der Waals surface area contributed by atoms with E-state index in [0.29, 0.717) is 0 Å². The summed E-state index contributed by atoms with van der Waals surface area (Å²) >= 11 is 0. The van der Waals surface area contributed by atoms with Crippen LogP contribution in [0.4, 0.5) is 17.1 Å². The highest BCUT2D eigenvalue weighted by Gasteiger charge is 2.17. The molecular formula is C47H34N2. The molecule has 7 aromatic carbocycles. The summed E-state index contributed by atoms with van der Waals surface area (Å²) in [5.41, 5.74) is 15.2. The zero-order valence-corrected chi connectivity index (χ0v) is 27.0. The summed E-state index contributed by atoms with van der Waals surface area (Å²) in [6.07, 6.45) is 3.68. The molecule has 0 unspecified atom stereocenters. The van der Waals surface area contributed by atoms with Crippen LogP contribution >= 0.6 is 0 Å². The van der Waals surface area contributed by atoms with Crippen LogP contribution in [-0.4, -0.2) is 4.98 Å². The molecule has 0 aliphatic carbocycles. The van der Waals surface area contributed by atoms with Crippen molar-refractivity contribution in [2.45, 2.75) is 0 Å². The quantitative estimate of drug-likeness (QED) is 0.167. The second-order valence-electron chi connectivity index (χ2n) is 12.1. The Hall–Kier alpha value is -6.51. The molecule has 49 heavy (non-hydrogen) atoms. The average Bonchev–Trinajstić information content (AvgIpc) is 3.20. The van der Waals surface area contributed by atoms with Crippen molar-refractivity contribution in [3.8, 4) is 55.6 Å². The first kappa shape index (κ1) is 29.9. The van der Waals surface area contributed by atoms with Crippen molar-refractivity contribution < 1.29 is 0 Å². The van der Waals surface area contributed by atoms with Gasteiger partial charge in [0.1, 0.15) is 0 Å². The zero-order valence-electron chi connectivity index (χ0n) is 27.0. The second-order valence-corrected chi connectivity index (χ2v) is 12.1. The van der Waals surface area contributed by atoms with Gasteiger partial charge in [0.2, 0.25) is 0 Å². The third-order valence-corrected chi connectivity index (χ3v) is 9.02. The van der Waals surface area contributed by atoms with E-state index in [1.807, 2.05) is 24.5 Å². The summed E-state index contributed by atoms with van der Waals surface area (Å²) in [7, 11) is 0. The molecule has 0 saturated heterocycles. The number of nitrogens with zero attached hydrogens (tertiary/aromatic N) is 2. The molecule has 0 saturated carbocycles. The predicted molar refractivity (Wildman–Crippen MR) is 206 cm³/mol. The van der Waals surface area contributed by atoms with Crippen LogP contribution < -0.4 is 4.90 Å². The fourth-order valence-corrected chi connectivity index (χ4v) is 6.48. The van der Waals surface area contributed by atoms with Crippen LogP contribution in [-0.2, 0) is 0 Å². The molecule has 0 fully saturated rings. The summed E-state index contributed by atoms with van der Waals surface area (Å²) in [5.74, 6) is 0. The highest BCUT2D eigenvalue weighted by atomic mass is 15.1. The topological polar surface area (TPSA) is 16.1 Å². The lowest BCUT2D eigenvalue weighted by molar-refractivity contribution is 1.28. The van der Waals surface area contributed by atoms with Crippen molar-refractivity contribution in [1.29, 1.82) is 0 Å². The van der Waals surface area contributed by atoms with E-state index in [1.54, 1.807) is 0 Å². The minimum atomic E-state index is 1.09. The molecule has 2 heteroatoms. The van der Waals surface area contributed by atoms with Crippen LogP contribution in [0.1, 0.15) is 0 Å². The number of rotatable bonds is 8. The standard InChI is InChI=1S/C47H34N2/c1-4-10-35(11-5-1)36-16-18-37(19-17-36)38-20-24-43(25-21-38)49(44-26-22-39(23-27-44)40-30-32-48-33-31-40)45-28-29-46(41-12-6-2-7-13-41)47(34-45)42-14-8-3-9-15-42/h1-34H. The number of hydrogen-bond donors (Lipinski definition) is 0. The second kappa shape index (κ2) is 13.7. The van der Waals surface area contributed by atoms with Gasteiger partial charge in [-0.3, -0.25) is 4.98 Å². The van der Waals surface area contributed by atoms with Gasteiger partial charge in [-0.25, -0.2) is 0 Å². The van der Waals surface area contributed by atoms with Crippen molar-refractivity contribution in [2.24, 2.45) is 0 Å². The van der Waals surface area contributed by atoms with E-state index in [1.165, 1.54) is 44.5 Å². The lowest BCUT2D eigenvalue weighted by Gasteiger charge is -2.27. The fourth-order valence-electron chi connectivity index (χ4n) is 6.48. The first-order chi connectivity index (χ1) is 24.3. The van der Waals surface area contributed by atoms with Crippen LogP contribution in [0, 0.1) is 0 Å². The van der Waals surface area contributed by atoms with Gasteiger partial charge in [-0.2, -0.15) is 0 Å². The Labute approximate surface area is 288 Å². The highest BCUT2D eigenvalue weighted by molar-refractivity contribution is 5.89. The molecule has 0 atom stereocenters. The van der Waals surface area contributed by atoms with Gasteiger partial charge < -0.3 is 4.90 Å². The molecule has 8 aromatic rings. The number of benzene rings is 7. The predicted octanol–water partition coefficient (Wildman–Crippen LogP) is 12.9. The Morgan fingerprint density at radius 2 is 0.612 bits per heavy atom. The molecule has 0 bridgehead atoms.